The molecule has 6 nitrogen and oxygen atoms in total. The molecule has 5 N–H and O–H groups in total. The quantitative estimate of drug-likeness (QED) is 0.0308. The van der Waals surface area contributed by atoms with E-state index in [4.69, 9.17) is 0 Å². The summed E-state index contributed by atoms with van der Waals surface area (Å²) in [7, 11) is 0. The van der Waals surface area contributed by atoms with Crippen LogP contribution in [0.1, 0.15) is 406 Å². The van der Waals surface area contributed by atoms with E-state index >= 15 is 0 Å². The first kappa shape index (κ1) is 76.0. The van der Waals surface area contributed by atoms with Crippen molar-refractivity contribution in [2.45, 2.75) is 430 Å². The van der Waals surface area contributed by atoms with Crippen LogP contribution in [0.3, 0.4) is 0 Å². The van der Waals surface area contributed by atoms with Gasteiger partial charge in [-0.25, -0.2) is 0 Å². The minimum atomic E-state index is -1.26. The van der Waals surface area contributed by atoms with Crippen molar-refractivity contribution in [3.8, 4) is 0 Å². The number of carbonyl (C=O) groups is 1. The van der Waals surface area contributed by atoms with Gasteiger partial charge in [-0.15, -0.1) is 0 Å². The topological polar surface area (TPSA) is 110 Å². The van der Waals surface area contributed by atoms with Crippen LogP contribution in [-0.2, 0) is 4.79 Å². The Morgan fingerprint density at radius 2 is 0.519 bits per heavy atom. The second-order valence-corrected chi connectivity index (χ2v) is 24.9. The highest BCUT2D eigenvalue weighted by Crippen LogP contribution is 2.20. The van der Waals surface area contributed by atoms with Crippen LogP contribution in [0.25, 0.3) is 0 Å². The van der Waals surface area contributed by atoms with Crippen molar-refractivity contribution in [1.29, 1.82) is 0 Å². The third-order valence-electron chi connectivity index (χ3n) is 17.2. The zero-order valence-corrected chi connectivity index (χ0v) is 52.5. The number of carbonyl (C=O) groups excluding carboxylic acids is 1. The number of unbranched alkanes of at least 4 members (excludes halogenated alkanes) is 56. The zero-order valence-electron chi connectivity index (χ0n) is 52.5. The molecule has 0 aromatic rings. The highest BCUT2D eigenvalue weighted by Gasteiger charge is 2.28. The normalized spacial score (nSPS) is 13.5. The van der Waals surface area contributed by atoms with E-state index in [1.165, 1.54) is 340 Å². The van der Waals surface area contributed by atoms with Crippen LogP contribution < -0.4 is 5.32 Å². The lowest BCUT2D eigenvalue weighted by molar-refractivity contribution is -0.132. The number of aliphatic hydroxyl groups is 4. The third kappa shape index (κ3) is 59.5. The molecule has 0 radical (unpaired) electrons. The number of allylic oxidation sites excluding steroid dienone is 2. The van der Waals surface area contributed by atoms with Crippen molar-refractivity contribution in [3.63, 3.8) is 0 Å². The van der Waals surface area contributed by atoms with E-state index in [0.717, 1.165) is 38.5 Å². The third-order valence-corrected chi connectivity index (χ3v) is 17.2. The molecule has 4 unspecified atom stereocenters. The molecule has 0 saturated carbocycles. The summed E-state index contributed by atoms with van der Waals surface area (Å²) in [5.74, 6) is -0.575. The Balaban J connectivity index is 3.52. The number of rotatable bonds is 67. The molecule has 0 rings (SSSR count). The fourth-order valence-corrected chi connectivity index (χ4v) is 11.7. The number of hydrogen-bond donors (Lipinski definition) is 5. The first-order valence-corrected chi connectivity index (χ1v) is 35.6. The van der Waals surface area contributed by atoms with Crippen LogP contribution >= 0.6 is 0 Å². The summed E-state index contributed by atoms with van der Waals surface area (Å²) in [4.78, 5) is 12.7. The van der Waals surface area contributed by atoms with Crippen molar-refractivity contribution in [2.24, 2.45) is 0 Å². The molecule has 4 atom stereocenters. The van der Waals surface area contributed by atoms with E-state index in [1.807, 2.05) is 0 Å². The Hall–Kier alpha value is -0.950. The summed E-state index contributed by atoms with van der Waals surface area (Å²) in [6, 6.07) is -0.984. The summed E-state index contributed by atoms with van der Waals surface area (Å²) in [6.45, 7) is 4.12. The molecule has 0 aromatic carbocycles. The second-order valence-electron chi connectivity index (χ2n) is 24.9. The summed E-state index contributed by atoms with van der Waals surface area (Å²) >= 11 is 0. The van der Waals surface area contributed by atoms with Gasteiger partial charge in [-0.1, -0.05) is 379 Å². The Labute approximate surface area is 482 Å². The summed E-state index contributed by atoms with van der Waals surface area (Å²) in [5, 5.41) is 44.3. The SMILES string of the molecule is CCCCCCCCCCCCCC/C=C\CCCCCCCCCCCCCCCCCC(O)C(=O)NC(CO)C(O)C(O)CCCCCCCCCCCCCCCCCCCCCCCCCCCCCCCC. The Bertz CT molecular complexity index is 1130. The fourth-order valence-electron chi connectivity index (χ4n) is 11.7. The first-order chi connectivity index (χ1) is 38.0. The Morgan fingerprint density at radius 1 is 0.312 bits per heavy atom. The molecule has 0 aliphatic carbocycles. The van der Waals surface area contributed by atoms with Crippen LogP contribution in [0.2, 0.25) is 0 Å². The van der Waals surface area contributed by atoms with E-state index < -0.39 is 36.9 Å². The zero-order chi connectivity index (χ0) is 55.8. The van der Waals surface area contributed by atoms with E-state index in [2.05, 4.69) is 31.3 Å². The molecule has 6 heteroatoms. The van der Waals surface area contributed by atoms with Gasteiger partial charge >= 0.3 is 0 Å². The Morgan fingerprint density at radius 3 is 0.753 bits per heavy atom. The van der Waals surface area contributed by atoms with Gasteiger partial charge in [-0.05, 0) is 38.5 Å². The second kappa shape index (κ2) is 65.9. The molecule has 0 aromatic heterocycles. The highest BCUT2D eigenvalue weighted by molar-refractivity contribution is 5.80. The van der Waals surface area contributed by atoms with Crippen LogP contribution in [0.15, 0.2) is 12.2 Å². The molecule has 0 aliphatic heterocycles. The first-order valence-electron chi connectivity index (χ1n) is 35.6. The molecule has 1 amide bonds. The van der Waals surface area contributed by atoms with Crippen molar-refractivity contribution in [3.05, 3.63) is 12.2 Å². The van der Waals surface area contributed by atoms with Crippen molar-refractivity contribution in [1.82, 2.24) is 5.32 Å². The molecule has 460 valence electrons. The molecular formula is C71H141NO5. The predicted octanol–water partition coefficient (Wildman–Crippen LogP) is 21.9. The number of aliphatic hydroxyl groups excluding tert-OH is 4. The average Bonchev–Trinajstić information content (AvgIpc) is 3.43. The van der Waals surface area contributed by atoms with Gasteiger partial charge in [0, 0.05) is 0 Å². The van der Waals surface area contributed by atoms with Crippen molar-refractivity contribution >= 4 is 5.91 Å². The molecule has 77 heavy (non-hydrogen) atoms. The number of hydrogen-bond acceptors (Lipinski definition) is 5. The summed E-state index contributed by atoms with van der Waals surface area (Å²) < 4.78 is 0. The van der Waals surface area contributed by atoms with E-state index in [9.17, 15) is 25.2 Å². The smallest absolute Gasteiger partial charge is 0.249 e. The number of amides is 1. The Kier molecular flexibility index (Phi) is 65.0. The minimum Gasteiger partial charge on any atom is -0.394 e. The molecule has 0 fully saturated rings. The van der Waals surface area contributed by atoms with Gasteiger partial charge in [0.05, 0.1) is 18.8 Å². The monoisotopic (exact) mass is 1090 g/mol. The highest BCUT2D eigenvalue weighted by atomic mass is 16.3. The van der Waals surface area contributed by atoms with Crippen LogP contribution in [0.4, 0.5) is 0 Å². The van der Waals surface area contributed by atoms with Crippen LogP contribution in [0, 0.1) is 0 Å². The maximum absolute atomic E-state index is 12.7. The predicted molar refractivity (Wildman–Crippen MR) is 339 cm³/mol. The van der Waals surface area contributed by atoms with Crippen LogP contribution in [0.5, 0.6) is 0 Å². The molecular weight excluding hydrogens is 947 g/mol. The van der Waals surface area contributed by atoms with Gasteiger partial charge in [-0.2, -0.15) is 0 Å². The lowest BCUT2D eigenvalue weighted by Crippen LogP contribution is -2.53. The lowest BCUT2D eigenvalue weighted by Gasteiger charge is -2.27. The molecule has 0 spiro atoms. The van der Waals surface area contributed by atoms with Crippen LogP contribution in [-0.4, -0.2) is 57.3 Å². The largest absolute Gasteiger partial charge is 0.394 e. The average molecular weight is 1090 g/mol. The van der Waals surface area contributed by atoms with E-state index in [-0.39, 0.29) is 0 Å². The fraction of sp³-hybridized carbons (Fsp3) is 0.958. The van der Waals surface area contributed by atoms with Crippen molar-refractivity contribution < 1.29 is 25.2 Å². The van der Waals surface area contributed by atoms with Gasteiger partial charge in [0.25, 0.3) is 0 Å². The standard InChI is InChI=1S/C71H141NO5/c1-3-5-7-9-11-13-15-17-19-21-23-25-27-29-31-33-35-37-39-41-43-45-47-49-51-53-55-57-59-61-63-65-69(75)71(77)72-67(66-73)70(76)68(74)64-62-60-58-56-54-52-50-48-46-44-42-40-38-36-34-32-30-28-26-24-22-20-18-16-14-12-10-8-6-4-2/h29,31,67-70,73-76H,3-28,30,32-66H2,1-2H3,(H,72,77)/b31-29-. The van der Waals surface area contributed by atoms with Gasteiger partial charge in [0.2, 0.25) is 5.91 Å². The maximum atomic E-state index is 12.7. The van der Waals surface area contributed by atoms with Gasteiger partial charge in [-0.3, -0.25) is 4.79 Å². The summed E-state index contributed by atoms with van der Waals surface area (Å²) in [5.41, 5.74) is 0. The minimum absolute atomic E-state index is 0.374. The lowest BCUT2D eigenvalue weighted by atomic mass is 9.99. The van der Waals surface area contributed by atoms with Gasteiger partial charge < -0.3 is 25.7 Å². The molecule has 0 bridgehead atoms. The molecule has 0 heterocycles. The van der Waals surface area contributed by atoms with Crippen molar-refractivity contribution in [2.75, 3.05) is 6.61 Å². The molecule has 0 aliphatic rings. The van der Waals surface area contributed by atoms with E-state index in [1.54, 1.807) is 0 Å². The van der Waals surface area contributed by atoms with E-state index in [0.29, 0.717) is 12.8 Å². The summed E-state index contributed by atoms with van der Waals surface area (Å²) in [6.07, 6.45) is 82.0. The van der Waals surface area contributed by atoms with Gasteiger partial charge in [0.15, 0.2) is 0 Å². The number of nitrogens with one attached hydrogen (secondary N) is 1. The maximum Gasteiger partial charge on any atom is 0.249 e. The molecule has 0 saturated heterocycles. The van der Waals surface area contributed by atoms with Gasteiger partial charge in [0.1, 0.15) is 12.2 Å².